The summed E-state index contributed by atoms with van der Waals surface area (Å²) in [5.41, 5.74) is 3.70. The van der Waals surface area contributed by atoms with Crippen molar-refractivity contribution in [1.82, 2.24) is 0 Å². The Bertz CT molecular complexity index is 517. The Morgan fingerprint density at radius 3 is 2.32 bits per heavy atom. The molecule has 2 nitrogen and oxygen atoms in total. The van der Waals surface area contributed by atoms with Crippen molar-refractivity contribution in [3.8, 4) is 5.75 Å². The summed E-state index contributed by atoms with van der Waals surface area (Å²) in [5, 5.41) is 3.45. The molecule has 0 aliphatic heterocycles. The molecule has 0 spiro atoms. The minimum Gasteiger partial charge on any atom is -0.491 e. The molecule has 0 amide bonds. The molecule has 19 heavy (non-hydrogen) atoms. The van der Waals surface area contributed by atoms with E-state index in [1.165, 1.54) is 16.8 Å². The molecule has 0 radical (unpaired) electrons. The molecule has 2 rings (SSSR count). The summed E-state index contributed by atoms with van der Waals surface area (Å²) in [7, 11) is 0. The molecule has 0 unspecified atom stereocenters. The van der Waals surface area contributed by atoms with Crippen LogP contribution >= 0.6 is 0 Å². The van der Waals surface area contributed by atoms with E-state index >= 15 is 0 Å². The summed E-state index contributed by atoms with van der Waals surface area (Å²) in [6.45, 7) is 7.01. The topological polar surface area (TPSA) is 21.3 Å². The molecular weight excluding hydrogens is 234 g/mol. The monoisotopic (exact) mass is 255 g/mol. The van der Waals surface area contributed by atoms with Gasteiger partial charge in [0.25, 0.3) is 0 Å². The van der Waals surface area contributed by atoms with Crippen LogP contribution < -0.4 is 10.1 Å². The van der Waals surface area contributed by atoms with Crippen LogP contribution in [0.3, 0.4) is 0 Å². The maximum atomic E-state index is 5.63. The van der Waals surface area contributed by atoms with Crippen LogP contribution in [-0.4, -0.2) is 6.10 Å². The van der Waals surface area contributed by atoms with Crippen LogP contribution in [0.2, 0.25) is 0 Å². The summed E-state index contributed by atoms with van der Waals surface area (Å²) < 4.78 is 5.63. The van der Waals surface area contributed by atoms with Gasteiger partial charge in [0.05, 0.1) is 6.10 Å². The zero-order chi connectivity index (χ0) is 13.7. The SMILES string of the molecule is Cc1ccccc1NCc1ccc(OC(C)C)cc1. The first-order valence-corrected chi connectivity index (χ1v) is 6.70. The van der Waals surface area contributed by atoms with Gasteiger partial charge in [-0.1, -0.05) is 30.3 Å². The van der Waals surface area contributed by atoms with Crippen molar-refractivity contribution in [2.24, 2.45) is 0 Å². The van der Waals surface area contributed by atoms with E-state index in [1.54, 1.807) is 0 Å². The zero-order valence-corrected chi connectivity index (χ0v) is 11.8. The molecule has 100 valence electrons. The van der Waals surface area contributed by atoms with Crippen LogP contribution in [0.25, 0.3) is 0 Å². The van der Waals surface area contributed by atoms with Gasteiger partial charge in [0.2, 0.25) is 0 Å². The normalized spacial score (nSPS) is 10.5. The molecule has 1 N–H and O–H groups in total. The number of hydrogen-bond acceptors (Lipinski definition) is 2. The van der Waals surface area contributed by atoms with Crippen molar-refractivity contribution in [3.05, 3.63) is 59.7 Å². The first kappa shape index (κ1) is 13.5. The lowest BCUT2D eigenvalue weighted by atomic mass is 10.1. The van der Waals surface area contributed by atoms with Gasteiger partial charge in [-0.15, -0.1) is 0 Å². The third kappa shape index (κ3) is 4.02. The second kappa shape index (κ2) is 6.28. The predicted octanol–water partition coefficient (Wildman–Crippen LogP) is 4.39. The van der Waals surface area contributed by atoms with Gasteiger partial charge in [-0.2, -0.15) is 0 Å². The van der Waals surface area contributed by atoms with E-state index in [2.05, 4.69) is 48.6 Å². The highest BCUT2D eigenvalue weighted by atomic mass is 16.5. The van der Waals surface area contributed by atoms with Crippen molar-refractivity contribution in [2.45, 2.75) is 33.4 Å². The van der Waals surface area contributed by atoms with Crippen LogP contribution in [0, 0.1) is 6.92 Å². The summed E-state index contributed by atoms with van der Waals surface area (Å²) in [6, 6.07) is 16.6. The molecule has 2 heteroatoms. The highest BCUT2D eigenvalue weighted by Gasteiger charge is 1.99. The minimum absolute atomic E-state index is 0.218. The van der Waals surface area contributed by atoms with Crippen LogP contribution in [0.15, 0.2) is 48.5 Å². The average molecular weight is 255 g/mol. The summed E-state index contributed by atoms with van der Waals surface area (Å²) in [6.07, 6.45) is 0.218. The fraction of sp³-hybridized carbons (Fsp3) is 0.294. The van der Waals surface area contributed by atoms with E-state index in [9.17, 15) is 0 Å². The third-order valence-corrected chi connectivity index (χ3v) is 2.92. The lowest BCUT2D eigenvalue weighted by Gasteiger charge is -2.11. The predicted molar refractivity (Wildman–Crippen MR) is 80.7 cm³/mol. The van der Waals surface area contributed by atoms with Crippen molar-refractivity contribution < 1.29 is 4.74 Å². The van der Waals surface area contributed by atoms with Crippen LogP contribution in [0.4, 0.5) is 5.69 Å². The number of rotatable bonds is 5. The van der Waals surface area contributed by atoms with Gasteiger partial charge >= 0.3 is 0 Å². The van der Waals surface area contributed by atoms with Gasteiger partial charge in [0.1, 0.15) is 5.75 Å². The minimum atomic E-state index is 0.218. The van der Waals surface area contributed by atoms with E-state index < -0.39 is 0 Å². The highest BCUT2D eigenvalue weighted by molar-refractivity contribution is 5.50. The fourth-order valence-electron chi connectivity index (χ4n) is 1.93. The number of nitrogens with one attached hydrogen (secondary N) is 1. The second-order valence-corrected chi connectivity index (χ2v) is 4.98. The van der Waals surface area contributed by atoms with Crippen molar-refractivity contribution in [1.29, 1.82) is 0 Å². The lowest BCUT2D eigenvalue weighted by Crippen LogP contribution is -2.05. The molecule has 0 saturated heterocycles. The van der Waals surface area contributed by atoms with Crippen molar-refractivity contribution in [2.75, 3.05) is 5.32 Å². The maximum absolute atomic E-state index is 5.63. The van der Waals surface area contributed by atoms with Gasteiger partial charge in [-0.25, -0.2) is 0 Å². The number of para-hydroxylation sites is 1. The Hall–Kier alpha value is -1.96. The number of aryl methyl sites for hydroxylation is 1. The number of hydrogen-bond donors (Lipinski definition) is 1. The van der Waals surface area contributed by atoms with Gasteiger partial charge in [0, 0.05) is 12.2 Å². The molecular formula is C17H21NO. The average Bonchev–Trinajstić information content (AvgIpc) is 2.39. The van der Waals surface area contributed by atoms with Crippen LogP contribution in [0.1, 0.15) is 25.0 Å². The molecule has 0 atom stereocenters. The number of anilines is 1. The molecule has 0 aliphatic carbocycles. The first-order chi connectivity index (χ1) is 9.15. The maximum Gasteiger partial charge on any atom is 0.119 e. The molecule has 0 fully saturated rings. The van der Waals surface area contributed by atoms with E-state index in [0.29, 0.717) is 0 Å². The lowest BCUT2D eigenvalue weighted by molar-refractivity contribution is 0.242. The van der Waals surface area contributed by atoms with Crippen molar-refractivity contribution in [3.63, 3.8) is 0 Å². The molecule has 2 aromatic rings. The molecule has 0 bridgehead atoms. The highest BCUT2D eigenvalue weighted by Crippen LogP contribution is 2.17. The Kier molecular flexibility index (Phi) is 4.45. The Balaban J connectivity index is 1.95. The summed E-state index contributed by atoms with van der Waals surface area (Å²) in [4.78, 5) is 0. The summed E-state index contributed by atoms with van der Waals surface area (Å²) >= 11 is 0. The largest absolute Gasteiger partial charge is 0.491 e. The van der Waals surface area contributed by atoms with E-state index in [0.717, 1.165) is 12.3 Å². The van der Waals surface area contributed by atoms with Gasteiger partial charge < -0.3 is 10.1 Å². The van der Waals surface area contributed by atoms with E-state index in [1.807, 2.05) is 26.0 Å². The standard InChI is InChI=1S/C17H21NO/c1-13(2)19-16-10-8-15(9-11-16)12-18-17-7-5-4-6-14(17)3/h4-11,13,18H,12H2,1-3H3. The Morgan fingerprint density at radius 1 is 1.00 bits per heavy atom. The fourth-order valence-corrected chi connectivity index (χ4v) is 1.93. The Labute approximate surface area is 115 Å². The van der Waals surface area contributed by atoms with E-state index in [4.69, 9.17) is 4.74 Å². The number of ether oxygens (including phenoxy) is 1. The first-order valence-electron chi connectivity index (χ1n) is 6.70. The molecule has 0 aromatic heterocycles. The third-order valence-electron chi connectivity index (χ3n) is 2.92. The molecule has 0 aliphatic rings. The quantitative estimate of drug-likeness (QED) is 0.855. The molecule has 0 heterocycles. The second-order valence-electron chi connectivity index (χ2n) is 4.98. The Morgan fingerprint density at radius 2 is 1.68 bits per heavy atom. The van der Waals surface area contributed by atoms with Crippen LogP contribution in [-0.2, 0) is 6.54 Å². The van der Waals surface area contributed by atoms with Crippen LogP contribution in [0.5, 0.6) is 5.75 Å². The summed E-state index contributed by atoms with van der Waals surface area (Å²) in [5.74, 6) is 0.926. The molecule has 0 saturated carbocycles. The van der Waals surface area contributed by atoms with Gasteiger partial charge in [0.15, 0.2) is 0 Å². The molecule has 2 aromatic carbocycles. The van der Waals surface area contributed by atoms with Gasteiger partial charge in [-0.05, 0) is 50.1 Å². The number of benzene rings is 2. The van der Waals surface area contributed by atoms with E-state index in [-0.39, 0.29) is 6.10 Å². The zero-order valence-electron chi connectivity index (χ0n) is 11.8. The van der Waals surface area contributed by atoms with Gasteiger partial charge in [-0.3, -0.25) is 0 Å². The smallest absolute Gasteiger partial charge is 0.119 e. The van der Waals surface area contributed by atoms with Crippen molar-refractivity contribution >= 4 is 5.69 Å².